The number of benzene rings is 1. The van der Waals surface area contributed by atoms with Crippen LogP contribution in [0.3, 0.4) is 0 Å². The zero-order chi connectivity index (χ0) is 15.0. The number of nitrogens with zero attached hydrogens (tertiary/aromatic N) is 1. The maximum atomic E-state index is 10.7. The number of hydrogen-bond acceptors (Lipinski definition) is 4. The topological polar surface area (TPSA) is 55.2 Å². The molecule has 112 valence electrons. The molecule has 0 radical (unpaired) electrons. The molecule has 2 unspecified atom stereocenters. The number of non-ortho nitro benzene ring substituents is 1. The minimum atomic E-state index is -0.357. The van der Waals surface area contributed by atoms with Crippen molar-refractivity contribution in [2.24, 2.45) is 0 Å². The molecule has 0 bridgehead atoms. The third-order valence-corrected chi connectivity index (χ3v) is 4.76. The fourth-order valence-corrected chi connectivity index (χ4v) is 3.47. The summed E-state index contributed by atoms with van der Waals surface area (Å²) in [6.45, 7) is 7.50. The monoisotopic (exact) mass is 296 g/mol. The lowest BCUT2D eigenvalue weighted by Gasteiger charge is -2.26. The molecular weight excluding hydrogens is 272 g/mol. The van der Waals surface area contributed by atoms with Gasteiger partial charge in [0.05, 0.1) is 4.92 Å². The van der Waals surface area contributed by atoms with Crippen molar-refractivity contribution in [3.63, 3.8) is 0 Å². The molecule has 4 nitrogen and oxygen atoms in total. The van der Waals surface area contributed by atoms with Crippen LogP contribution < -0.4 is 5.32 Å². The van der Waals surface area contributed by atoms with Gasteiger partial charge in [0.25, 0.3) is 5.69 Å². The highest BCUT2D eigenvalue weighted by molar-refractivity contribution is 8.00. The minimum Gasteiger partial charge on any atom is -0.313 e. The smallest absolute Gasteiger partial charge is 0.269 e. The molecule has 0 aliphatic carbocycles. The van der Waals surface area contributed by atoms with Crippen LogP contribution in [-0.2, 0) is 0 Å². The van der Waals surface area contributed by atoms with Gasteiger partial charge in [0.1, 0.15) is 0 Å². The van der Waals surface area contributed by atoms with Crippen LogP contribution in [0.5, 0.6) is 0 Å². The Bertz CT molecular complexity index is 403. The first-order chi connectivity index (χ1) is 9.62. The zero-order valence-electron chi connectivity index (χ0n) is 12.5. The summed E-state index contributed by atoms with van der Waals surface area (Å²) in [6.07, 6.45) is 3.40. The number of nitro groups is 1. The first kappa shape index (κ1) is 17.0. The van der Waals surface area contributed by atoms with Gasteiger partial charge in [0.2, 0.25) is 0 Å². The third-order valence-electron chi connectivity index (χ3n) is 3.25. The summed E-state index contributed by atoms with van der Waals surface area (Å²) >= 11 is 1.81. The second kappa shape index (κ2) is 8.97. The summed E-state index contributed by atoms with van der Waals surface area (Å²) in [4.78, 5) is 11.4. The van der Waals surface area contributed by atoms with Crippen molar-refractivity contribution in [3.05, 3.63) is 34.4 Å². The van der Waals surface area contributed by atoms with E-state index in [9.17, 15) is 10.1 Å². The summed E-state index contributed by atoms with van der Waals surface area (Å²) in [6, 6.07) is 7.35. The first-order valence-electron chi connectivity index (χ1n) is 7.26. The summed E-state index contributed by atoms with van der Waals surface area (Å²) < 4.78 is 0. The van der Waals surface area contributed by atoms with Crippen molar-refractivity contribution in [2.75, 3.05) is 6.54 Å². The molecule has 1 rings (SSSR count). The van der Waals surface area contributed by atoms with E-state index in [1.807, 2.05) is 23.9 Å². The molecule has 1 aromatic rings. The molecule has 1 aromatic carbocycles. The fourth-order valence-electron chi connectivity index (χ4n) is 2.26. The first-order valence-corrected chi connectivity index (χ1v) is 8.14. The van der Waals surface area contributed by atoms with E-state index in [1.54, 1.807) is 12.1 Å². The quantitative estimate of drug-likeness (QED) is 0.420. The number of hydrogen-bond donors (Lipinski definition) is 1. The van der Waals surface area contributed by atoms with Crippen LogP contribution >= 0.6 is 11.8 Å². The Morgan fingerprint density at radius 3 is 2.35 bits per heavy atom. The van der Waals surface area contributed by atoms with Crippen molar-refractivity contribution in [1.82, 2.24) is 5.32 Å². The van der Waals surface area contributed by atoms with Crippen LogP contribution in [0.25, 0.3) is 0 Å². The second-order valence-electron chi connectivity index (χ2n) is 4.77. The van der Waals surface area contributed by atoms with E-state index >= 15 is 0 Å². The maximum Gasteiger partial charge on any atom is 0.269 e. The van der Waals surface area contributed by atoms with Crippen LogP contribution in [0.15, 0.2) is 29.2 Å². The molecule has 0 spiro atoms. The van der Waals surface area contributed by atoms with Crippen molar-refractivity contribution in [1.29, 1.82) is 0 Å². The second-order valence-corrected chi connectivity index (χ2v) is 6.08. The van der Waals surface area contributed by atoms with Gasteiger partial charge in [-0.1, -0.05) is 27.2 Å². The SMILES string of the molecule is CCCC(NCC)C(CC)Sc1ccc([N+](=O)[O-])cc1. The number of nitrogens with one attached hydrogen (secondary N) is 1. The lowest BCUT2D eigenvalue weighted by atomic mass is 10.1. The van der Waals surface area contributed by atoms with Crippen LogP contribution in [0, 0.1) is 10.1 Å². The standard InChI is InChI=1S/C15H24N2O2S/c1-4-7-14(16-6-3)15(5-2)20-13-10-8-12(9-11-13)17(18)19/h8-11,14-16H,4-7H2,1-3H3. The average Bonchev–Trinajstić information content (AvgIpc) is 2.45. The Labute approximate surface area is 125 Å². The van der Waals surface area contributed by atoms with Crippen LogP contribution in [0.2, 0.25) is 0 Å². The van der Waals surface area contributed by atoms with Gasteiger partial charge in [-0.25, -0.2) is 0 Å². The highest BCUT2D eigenvalue weighted by atomic mass is 32.2. The van der Waals surface area contributed by atoms with E-state index in [0.717, 1.165) is 30.7 Å². The summed E-state index contributed by atoms with van der Waals surface area (Å²) in [7, 11) is 0. The average molecular weight is 296 g/mol. The molecule has 0 heterocycles. The maximum absolute atomic E-state index is 10.7. The van der Waals surface area contributed by atoms with E-state index in [2.05, 4.69) is 26.1 Å². The number of nitro benzene ring substituents is 1. The number of thioether (sulfide) groups is 1. The van der Waals surface area contributed by atoms with E-state index in [-0.39, 0.29) is 10.6 Å². The predicted molar refractivity (Wildman–Crippen MR) is 85.4 cm³/mol. The third kappa shape index (κ3) is 5.13. The number of rotatable bonds is 9. The fraction of sp³-hybridized carbons (Fsp3) is 0.600. The summed E-state index contributed by atoms with van der Waals surface area (Å²) in [5.41, 5.74) is 0.152. The van der Waals surface area contributed by atoms with E-state index in [4.69, 9.17) is 0 Å². The highest BCUT2D eigenvalue weighted by Gasteiger charge is 2.19. The summed E-state index contributed by atoms with van der Waals surface area (Å²) in [5, 5.41) is 14.7. The largest absolute Gasteiger partial charge is 0.313 e. The van der Waals surface area contributed by atoms with Crippen LogP contribution in [0.4, 0.5) is 5.69 Å². The molecule has 2 atom stereocenters. The molecule has 0 fully saturated rings. The van der Waals surface area contributed by atoms with Crippen molar-refractivity contribution >= 4 is 17.4 Å². The Morgan fingerprint density at radius 2 is 1.90 bits per heavy atom. The minimum absolute atomic E-state index is 0.152. The van der Waals surface area contributed by atoms with E-state index in [1.165, 1.54) is 0 Å². The Balaban J connectivity index is 2.73. The molecule has 1 N–H and O–H groups in total. The Kier molecular flexibility index (Phi) is 7.62. The van der Waals surface area contributed by atoms with Gasteiger partial charge < -0.3 is 5.32 Å². The molecular formula is C15H24N2O2S. The molecule has 0 saturated heterocycles. The van der Waals surface area contributed by atoms with Gasteiger partial charge in [-0.2, -0.15) is 0 Å². The molecule has 0 amide bonds. The lowest BCUT2D eigenvalue weighted by Crippen LogP contribution is -2.37. The molecule has 0 aromatic heterocycles. The van der Waals surface area contributed by atoms with Gasteiger partial charge >= 0.3 is 0 Å². The Morgan fingerprint density at radius 1 is 1.25 bits per heavy atom. The van der Waals surface area contributed by atoms with Gasteiger partial charge in [0.15, 0.2) is 0 Å². The van der Waals surface area contributed by atoms with E-state index < -0.39 is 0 Å². The Hall–Kier alpha value is -1.07. The molecule has 0 aliphatic heterocycles. The summed E-state index contributed by atoms with van der Waals surface area (Å²) in [5.74, 6) is 0. The molecule has 0 saturated carbocycles. The van der Waals surface area contributed by atoms with Crippen molar-refractivity contribution in [2.45, 2.75) is 56.2 Å². The van der Waals surface area contributed by atoms with Gasteiger partial charge in [-0.3, -0.25) is 10.1 Å². The van der Waals surface area contributed by atoms with Crippen molar-refractivity contribution in [3.8, 4) is 0 Å². The van der Waals surface area contributed by atoms with Crippen LogP contribution in [0.1, 0.15) is 40.0 Å². The predicted octanol–water partition coefficient (Wildman–Crippen LogP) is 4.24. The molecule has 0 aliphatic rings. The normalized spacial score (nSPS) is 13.9. The van der Waals surface area contributed by atoms with Gasteiger partial charge in [0, 0.05) is 28.3 Å². The van der Waals surface area contributed by atoms with Gasteiger partial charge in [-0.15, -0.1) is 11.8 Å². The zero-order valence-corrected chi connectivity index (χ0v) is 13.3. The van der Waals surface area contributed by atoms with E-state index in [0.29, 0.717) is 11.3 Å². The van der Waals surface area contributed by atoms with Crippen molar-refractivity contribution < 1.29 is 4.92 Å². The lowest BCUT2D eigenvalue weighted by molar-refractivity contribution is -0.384. The molecule has 5 heteroatoms. The molecule has 20 heavy (non-hydrogen) atoms. The van der Waals surface area contributed by atoms with Gasteiger partial charge in [-0.05, 0) is 31.5 Å². The van der Waals surface area contributed by atoms with Crippen LogP contribution in [-0.4, -0.2) is 22.8 Å². The highest BCUT2D eigenvalue weighted by Crippen LogP contribution is 2.30.